The molecule has 4 fully saturated rings. The van der Waals surface area contributed by atoms with E-state index in [1.54, 1.807) is 0 Å². The normalized spacial score (nSPS) is 37.1. The first kappa shape index (κ1) is 21.6. The second-order valence-corrected chi connectivity index (χ2v) is 10.5. The van der Waals surface area contributed by atoms with E-state index < -0.39 is 0 Å². The first-order chi connectivity index (χ1) is 14.2. The van der Waals surface area contributed by atoms with Crippen molar-refractivity contribution in [1.82, 2.24) is 15.1 Å². The van der Waals surface area contributed by atoms with Crippen LogP contribution in [-0.2, 0) is 4.79 Å². The van der Waals surface area contributed by atoms with E-state index in [9.17, 15) is 4.79 Å². The van der Waals surface area contributed by atoms with Gasteiger partial charge in [0.25, 0.3) is 0 Å². The highest BCUT2D eigenvalue weighted by molar-refractivity contribution is 5.75. The molecular formula is C25H45N3O. The molecule has 3 unspecified atom stereocenters. The summed E-state index contributed by atoms with van der Waals surface area (Å²) in [5, 5.41) is 3.20. The van der Waals surface area contributed by atoms with Gasteiger partial charge >= 0.3 is 0 Å². The summed E-state index contributed by atoms with van der Waals surface area (Å²) in [6.45, 7) is 8.43. The Morgan fingerprint density at radius 3 is 2.34 bits per heavy atom. The highest BCUT2D eigenvalue weighted by atomic mass is 16.1. The number of carbonyl (C=O) groups excluding carboxylic acids is 1. The number of nitrogens with one attached hydrogen (secondary N) is 1. The lowest BCUT2D eigenvalue weighted by Gasteiger charge is -2.48. The van der Waals surface area contributed by atoms with Gasteiger partial charge in [0.2, 0.25) is 5.91 Å². The first-order valence-electron chi connectivity index (χ1n) is 13.0. The molecule has 166 valence electrons. The number of rotatable bonds is 6. The van der Waals surface area contributed by atoms with E-state index in [0.717, 1.165) is 23.8 Å². The minimum atomic E-state index is 0.226. The van der Waals surface area contributed by atoms with Crippen molar-refractivity contribution in [3.05, 3.63) is 0 Å². The summed E-state index contributed by atoms with van der Waals surface area (Å²) in [5.74, 6) is 3.18. The monoisotopic (exact) mass is 403 g/mol. The van der Waals surface area contributed by atoms with Crippen LogP contribution in [0.3, 0.4) is 0 Å². The molecule has 4 rings (SSSR count). The van der Waals surface area contributed by atoms with Gasteiger partial charge in [-0.3, -0.25) is 9.69 Å². The van der Waals surface area contributed by atoms with Crippen LogP contribution in [0.1, 0.15) is 90.4 Å². The number of hydrogen-bond donors (Lipinski definition) is 1. The number of piperazine rings is 1. The molecule has 0 radical (unpaired) electrons. The number of amides is 1. The summed E-state index contributed by atoms with van der Waals surface area (Å²) >= 11 is 0. The summed E-state index contributed by atoms with van der Waals surface area (Å²) in [6, 6.07) is 1.35. The van der Waals surface area contributed by atoms with Gasteiger partial charge in [-0.25, -0.2) is 0 Å². The minimum Gasteiger partial charge on any atom is -0.353 e. The maximum Gasteiger partial charge on any atom is 0.219 e. The fourth-order valence-corrected chi connectivity index (χ4v) is 6.97. The van der Waals surface area contributed by atoms with E-state index in [-0.39, 0.29) is 5.91 Å². The van der Waals surface area contributed by atoms with Crippen molar-refractivity contribution in [3.63, 3.8) is 0 Å². The quantitative estimate of drug-likeness (QED) is 0.712. The number of fused-ring (bicyclic) bond motifs is 1. The molecule has 0 aromatic heterocycles. The Balaban J connectivity index is 1.14. The third kappa shape index (κ3) is 5.76. The van der Waals surface area contributed by atoms with Crippen molar-refractivity contribution in [2.45, 2.75) is 102 Å². The average Bonchev–Trinajstić information content (AvgIpc) is 2.78. The zero-order chi connectivity index (χ0) is 20.1. The van der Waals surface area contributed by atoms with Gasteiger partial charge in [0.1, 0.15) is 0 Å². The smallest absolute Gasteiger partial charge is 0.219 e. The van der Waals surface area contributed by atoms with Crippen molar-refractivity contribution < 1.29 is 4.79 Å². The Hall–Kier alpha value is -0.610. The van der Waals surface area contributed by atoms with Gasteiger partial charge < -0.3 is 10.2 Å². The maximum absolute atomic E-state index is 11.6. The maximum atomic E-state index is 11.6. The molecule has 1 heterocycles. The topological polar surface area (TPSA) is 35.6 Å². The van der Waals surface area contributed by atoms with Crippen LogP contribution in [0.5, 0.6) is 0 Å². The van der Waals surface area contributed by atoms with Crippen LogP contribution in [0.4, 0.5) is 0 Å². The fourth-order valence-electron chi connectivity index (χ4n) is 6.97. The van der Waals surface area contributed by atoms with Crippen LogP contribution in [0.2, 0.25) is 0 Å². The Bertz CT molecular complexity index is 506. The Labute approximate surface area is 179 Å². The second kappa shape index (κ2) is 10.6. The zero-order valence-corrected chi connectivity index (χ0v) is 18.9. The van der Waals surface area contributed by atoms with Crippen molar-refractivity contribution >= 4 is 5.91 Å². The average molecular weight is 404 g/mol. The standard InChI is InChI=1S/C25H45N3O/c1-2-25(29)26-22-12-10-20(11-13-22)14-15-27-16-18-28(19-17-27)24-9-5-7-21-6-3-4-8-23(21)24/h20-24H,2-19H2,1H3,(H,26,29). The Morgan fingerprint density at radius 2 is 1.59 bits per heavy atom. The molecule has 1 saturated heterocycles. The molecule has 4 heteroatoms. The molecule has 0 aromatic carbocycles. The molecule has 1 aliphatic heterocycles. The summed E-state index contributed by atoms with van der Waals surface area (Å²) < 4.78 is 0. The summed E-state index contributed by atoms with van der Waals surface area (Å²) in [6.07, 6.45) is 17.5. The van der Waals surface area contributed by atoms with E-state index in [4.69, 9.17) is 0 Å². The van der Waals surface area contributed by atoms with Gasteiger partial charge in [0.15, 0.2) is 0 Å². The van der Waals surface area contributed by atoms with E-state index >= 15 is 0 Å². The molecular weight excluding hydrogens is 358 g/mol. The predicted molar refractivity (Wildman–Crippen MR) is 120 cm³/mol. The molecule has 29 heavy (non-hydrogen) atoms. The number of hydrogen-bond acceptors (Lipinski definition) is 3. The molecule has 3 aliphatic carbocycles. The van der Waals surface area contributed by atoms with Crippen LogP contribution >= 0.6 is 0 Å². The van der Waals surface area contributed by atoms with E-state index in [0.29, 0.717) is 12.5 Å². The summed E-state index contributed by atoms with van der Waals surface area (Å²) in [5.41, 5.74) is 0. The zero-order valence-electron chi connectivity index (χ0n) is 18.9. The first-order valence-corrected chi connectivity index (χ1v) is 13.0. The van der Waals surface area contributed by atoms with Crippen LogP contribution in [-0.4, -0.2) is 60.5 Å². The summed E-state index contributed by atoms with van der Waals surface area (Å²) in [7, 11) is 0. The largest absolute Gasteiger partial charge is 0.353 e. The van der Waals surface area contributed by atoms with Crippen LogP contribution < -0.4 is 5.32 Å². The third-order valence-electron chi connectivity index (χ3n) is 8.80. The lowest BCUT2D eigenvalue weighted by Crippen LogP contribution is -2.54. The Morgan fingerprint density at radius 1 is 0.862 bits per heavy atom. The van der Waals surface area contributed by atoms with Gasteiger partial charge in [-0.1, -0.05) is 39.0 Å². The van der Waals surface area contributed by atoms with E-state index in [2.05, 4.69) is 15.1 Å². The van der Waals surface area contributed by atoms with Crippen molar-refractivity contribution in [2.24, 2.45) is 17.8 Å². The molecule has 0 bridgehead atoms. The van der Waals surface area contributed by atoms with Crippen molar-refractivity contribution in [2.75, 3.05) is 32.7 Å². The molecule has 1 amide bonds. The van der Waals surface area contributed by atoms with Crippen molar-refractivity contribution in [1.29, 1.82) is 0 Å². The van der Waals surface area contributed by atoms with E-state index in [1.807, 2.05) is 6.92 Å². The molecule has 0 spiro atoms. The van der Waals surface area contributed by atoms with Crippen LogP contribution in [0.15, 0.2) is 0 Å². The molecule has 0 aromatic rings. The highest BCUT2D eigenvalue weighted by Crippen LogP contribution is 2.42. The SMILES string of the molecule is CCC(=O)NC1CCC(CCN2CCN(C3CCCC4CCCCC43)CC2)CC1. The van der Waals surface area contributed by atoms with Crippen LogP contribution in [0.25, 0.3) is 0 Å². The van der Waals surface area contributed by atoms with Gasteiger partial charge in [-0.2, -0.15) is 0 Å². The summed E-state index contributed by atoms with van der Waals surface area (Å²) in [4.78, 5) is 17.2. The van der Waals surface area contributed by atoms with E-state index in [1.165, 1.54) is 110 Å². The predicted octanol–water partition coefficient (Wildman–Crippen LogP) is 4.44. The Kier molecular flexibility index (Phi) is 7.91. The second-order valence-electron chi connectivity index (χ2n) is 10.5. The van der Waals surface area contributed by atoms with Gasteiger partial charge in [-0.05, 0) is 69.2 Å². The lowest BCUT2D eigenvalue weighted by molar-refractivity contribution is -0.121. The van der Waals surface area contributed by atoms with Crippen LogP contribution in [0, 0.1) is 17.8 Å². The number of carbonyl (C=O) groups is 1. The van der Waals surface area contributed by atoms with Gasteiger partial charge in [0.05, 0.1) is 0 Å². The van der Waals surface area contributed by atoms with Crippen molar-refractivity contribution in [3.8, 4) is 0 Å². The minimum absolute atomic E-state index is 0.226. The lowest BCUT2D eigenvalue weighted by atomic mass is 9.68. The molecule has 3 atom stereocenters. The molecule has 4 nitrogen and oxygen atoms in total. The third-order valence-corrected chi connectivity index (χ3v) is 8.80. The molecule has 4 aliphatic rings. The highest BCUT2D eigenvalue weighted by Gasteiger charge is 2.38. The van der Waals surface area contributed by atoms with Gasteiger partial charge in [-0.15, -0.1) is 0 Å². The molecule has 1 N–H and O–H groups in total. The fraction of sp³-hybridized carbons (Fsp3) is 0.960. The molecule has 3 saturated carbocycles. The van der Waals surface area contributed by atoms with Gasteiger partial charge in [0, 0.05) is 44.7 Å². The number of nitrogens with zero attached hydrogens (tertiary/aromatic N) is 2.